The van der Waals surface area contributed by atoms with Crippen molar-refractivity contribution in [3.8, 4) is 11.6 Å². The van der Waals surface area contributed by atoms with Crippen molar-refractivity contribution in [2.24, 2.45) is 0 Å². The van der Waals surface area contributed by atoms with Gasteiger partial charge >= 0.3 is 0 Å². The van der Waals surface area contributed by atoms with Gasteiger partial charge in [-0.1, -0.05) is 23.2 Å². The van der Waals surface area contributed by atoms with Crippen molar-refractivity contribution < 1.29 is 4.74 Å². The summed E-state index contributed by atoms with van der Waals surface area (Å²) >= 11 is 11.9. The molecule has 0 aliphatic heterocycles. The Morgan fingerprint density at radius 3 is 2.52 bits per heavy atom. The first kappa shape index (κ1) is 14.6. The quantitative estimate of drug-likeness (QED) is 0.863. The number of rotatable bonds is 5. The highest BCUT2D eigenvalue weighted by molar-refractivity contribution is 6.34. The van der Waals surface area contributed by atoms with Crippen molar-refractivity contribution in [3.63, 3.8) is 0 Å². The Balaban J connectivity index is 1.72. The second-order valence-electron chi connectivity index (χ2n) is 5.33. The Hall–Kier alpha value is -1.29. The Morgan fingerprint density at radius 2 is 1.90 bits per heavy atom. The van der Waals surface area contributed by atoms with Crippen molar-refractivity contribution in [2.75, 3.05) is 0 Å². The van der Waals surface area contributed by atoms with Crippen molar-refractivity contribution in [3.05, 3.63) is 51.6 Å². The maximum Gasteiger partial charge on any atom is 0.222 e. The van der Waals surface area contributed by atoms with Gasteiger partial charge in [-0.3, -0.25) is 0 Å². The molecule has 2 aromatic rings. The molecule has 1 aliphatic rings. The minimum atomic E-state index is 0.542. The number of hydrogen-bond acceptors (Lipinski definition) is 3. The van der Waals surface area contributed by atoms with Crippen molar-refractivity contribution in [2.45, 2.75) is 32.4 Å². The molecule has 3 rings (SSSR count). The molecule has 1 heterocycles. The van der Waals surface area contributed by atoms with E-state index in [2.05, 4.69) is 16.4 Å². The van der Waals surface area contributed by atoms with Gasteiger partial charge in [0.1, 0.15) is 5.75 Å². The zero-order valence-corrected chi connectivity index (χ0v) is 13.2. The summed E-state index contributed by atoms with van der Waals surface area (Å²) in [6.07, 6.45) is 4.40. The minimum absolute atomic E-state index is 0.542. The third-order valence-corrected chi connectivity index (χ3v) is 3.75. The molecule has 1 N–H and O–H groups in total. The lowest BCUT2D eigenvalue weighted by Crippen LogP contribution is -2.15. The molecule has 0 bridgehead atoms. The summed E-state index contributed by atoms with van der Waals surface area (Å²) in [5.41, 5.74) is 2.15. The number of hydrogen-bond donors (Lipinski definition) is 1. The molecule has 5 heteroatoms. The third-order valence-electron chi connectivity index (χ3n) is 3.31. The number of pyridine rings is 1. The molecule has 1 aliphatic carbocycles. The van der Waals surface area contributed by atoms with Crippen molar-refractivity contribution in [1.29, 1.82) is 0 Å². The standard InChI is InChI=1S/C16H16Cl2N2O/c1-10-4-11(8-19-14-2-3-14)9-20-16(10)21-15-6-12(17)5-13(18)7-15/h4-7,9,14,19H,2-3,8H2,1H3. The molecular formula is C16H16Cl2N2O. The van der Waals surface area contributed by atoms with Crippen LogP contribution in [0.25, 0.3) is 0 Å². The highest BCUT2D eigenvalue weighted by atomic mass is 35.5. The number of aryl methyl sites for hydroxylation is 1. The van der Waals surface area contributed by atoms with Gasteiger partial charge in [-0.25, -0.2) is 4.98 Å². The summed E-state index contributed by atoms with van der Waals surface area (Å²) < 4.78 is 5.76. The molecule has 0 atom stereocenters. The first-order chi connectivity index (χ1) is 10.1. The predicted octanol–water partition coefficient (Wildman–Crippen LogP) is 4.74. The van der Waals surface area contributed by atoms with E-state index in [-0.39, 0.29) is 0 Å². The predicted molar refractivity (Wildman–Crippen MR) is 85.4 cm³/mol. The van der Waals surface area contributed by atoms with E-state index in [1.165, 1.54) is 12.8 Å². The van der Waals surface area contributed by atoms with E-state index in [1.54, 1.807) is 18.2 Å². The summed E-state index contributed by atoms with van der Waals surface area (Å²) in [6, 6.07) is 7.89. The molecule has 21 heavy (non-hydrogen) atoms. The molecule has 0 unspecified atom stereocenters. The number of nitrogens with one attached hydrogen (secondary N) is 1. The topological polar surface area (TPSA) is 34.2 Å². The lowest BCUT2D eigenvalue weighted by Gasteiger charge is -2.10. The summed E-state index contributed by atoms with van der Waals surface area (Å²) in [7, 11) is 0. The van der Waals surface area contributed by atoms with E-state index in [1.807, 2.05) is 13.1 Å². The fraction of sp³-hybridized carbons (Fsp3) is 0.312. The van der Waals surface area contributed by atoms with Crippen LogP contribution in [0, 0.1) is 6.92 Å². The zero-order valence-electron chi connectivity index (χ0n) is 11.7. The SMILES string of the molecule is Cc1cc(CNC2CC2)cnc1Oc1cc(Cl)cc(Cl)c1. The molecule has 1 fully saturated rings. The van der Waals surface area contributed by atoms with Gasteiger partial charge in [-0.2, -0.15) is 0 Å². The van der Waals surface area contributed by atoms with Crippen molar-refractivity contribution >= 4 is 23.2 Å². The second kappa shape index (κ2) is 6.22. The molecule has 1 aromatic carbocycles. The number of nitrogens with zero attached hydrogens (tertiary/aromatic N) is 1. The highest BCUT2D eigenvalue weighted by Gasteiger charge is 2.20. The van der Waals surface area contributed by atoms with Gasteiger partial charge in [-0.05, 0) is 49.6 Å². The van der Waals surface area contributed by atoms with Crippen LogP contribution in [0.5, 0.6) is 11.6 Å². The first-order valence-electron chi connectivity index (χ1n) is 6.93. The maximum atomic E-state index is 5.97. The number of halogens is 2. The molecule has 0 amide bonds. The van der Waals surface area contributed by atoms with E-state index in [4.69, 9.17) is 27.9 Å². The van der Waals surface area contributed by atoms with Gasteiger partial charge in [0.25, 0.3) is 0 Å². The van der Waals surface area contributed by atoms with Crippen LogP contribution in [0.4, 0.5) is 0 Å². The molecule has 0 saturated heterocycles. The van der Waals surface area contributed by atoms with E-state index in [0.29, 0.717) is 27.7 Å². The van der Waals surface area contributed by atoms with E-state index < -0.39 is 0 Å². The lowest BCUT2D eigenvalue weighted by atomic mass is 10.2. The molecule has 1 aromatic heterocycles. The van der Waals surface area contributed by atoms with Crippen LogP contribution < -0.4 is 10.1 Å². The first-order valence-corrected chi connectivity index (χ1v) is 7.68. The van der Waals surface area contributed by atoms with E-state index >= 15 is 0 Å². The number of benzene rings is 1. The fourth-order valence-electron chi connectivity index (χ4n) is 2.07. The fourth-order valence-corrected chi connectivity index (χ4v) is 2.58. The summed E-state index contributed by atoms with van der Waals surface area (Å²) in [4.78, 5) is 4.38. The van der Waals surface area contributed by atoms with Crippen LogP contribution in [-0.2, 0) is 6.54 Å². The summed E-state index contributed by atoms with van der Waals surface area (Å²) in [5.74, 6) is 1.16. The molecular weight excluding hydrogens is 307 g/mol. The van der Waals surface area contributed by atoms with Gasteiger partial charge in [0.15, 0.2) is 0 Å². The van der Waals surface area contributed by atoms with Gasteiger partial charge < -0.3 is 10.1 Å². The Bertz CT molecular complexity index is 636. The highest BCUT2D eigenvalue weighted by Crippen LogP contribution is 2.29. The minimum Gasteiger partial charge on any atom is -0.439 e. The largest absolute Gasteiger partial charge is 0.439 e. The lowest BCUT2D eigenvalue weighted by molar-refractivity contribution is 0.458. The average Bonchev–Trinajstić information content (AvgIpc) is 3.22. The Labute approximate surface area is 134 Å². The van der Waals surface area contributed by atoms with Crippen molar-refractivity contribution in [1.82, 2.24) is 10.3 Å². The van der Waals surface area contributed by atoms with Crippen LogP contribution >= 0.6 is 23.2 Å². The Kier molecular flexibility index (Phi) is 4.34. The van der Waals surface area contributed by atoms with Gasteiger partial charge in [0, 0.05) is 34.4 Å². The average molecular weight is 323 g/mol. The van der Waals surface area contributed by atoms with Crippen LogP contribution in [-0.4, -0.2) is 11.0 Å². The molecule has 0 spiro atoms. The van der Waals surface area contributed by atoms with E-state index in [0.717, 1.165) is 17.7 Å². The normalized spacial score (nSPS) is 14.2. The molecule has 0 radical (unpaired) electrons. The molecule has 3 nitrogen and oxygen atoms in total. The van der Waals surface area contributed by atoms with Crippen LogP contribution in [0.3, 0.4) is 0 Å². The van der Waals surface area contributed by atoms with Crippen LogP contribution in [0.2, 0.25) is 10.0 Å². The maximum absolute atomic E-state index is 5.97. The van der Waals surface area contributed by atoms with Crippen LogP contribution in [0.1, 0.15) is 24.0 Å². The molecule has 110 valence electrons. The molecule has 1 saturated carbocycles. The van der Waals surface area contributed by atoms with Gasteiger partial charge in [-0.15, -0.1) is 0 Å². The Morgan fingerprint density at radius 1 is 1.19 bits per heavy atom. The third kappa shape index (κ3) is 4.10. The van der Waals surface area contributed by atoms with Crippen LogP contribution in [0.15, 0.2) is 30.5 Å². The van der Waals surface area contributed by atoms with Gasteiger partial charge in [0.2, 0.25) is 5.88 Å². The summed E-state index contributed by atoms with van der Waals surface area (Å²) in [5, 5.41) is 4.55. The number of ether oxygens (including phenoxy) is 1. The summed E-state index contributed by atoms with van der Waals surface area (Å²) in [6.45, 7) is 2.83. The monoisotopic (exact) mass is 322 g/mol. The zero-order chi connectivity index (χ0) is 14.8. The van der Waals surface area contributed by atoms with E-state index in [9.17, 15) is 0 Å². The number of aromatic nitrogens is 1. The smallest absolute Gasteiger partial charge is 0.222 e. The van der Waals surface area contributed by atoms with Gasteiger partial charge in [0.05, 0.1) is 0 Å². The second-order valence-corrected chi connectivity index (χ2v) is 6.20.